The number of aromatic nitrogens is 1. The second kappa shape index (κ2) is 5.58. The second-order valence-electron chi connectivity index (χ2n) is 5.43. The van der Waals surface area contributed by atoms with Crippen LogP contribution in [0.15, 0.2) is 18.2 Å². The molecule has 2 heterocycles. The van der Waals surface area contributed by atoms with Crippen molar-refractivity contribution in [1.82, 2.24) is 14.8 Å². The lowest BCUT2D eigenvalue weighted by Gasteiger charge is -2.32. The van der Waals surface area contributed by atoms with E-state index in [9.17, 15) is 14.9 Å². The van der Waals surface area contributed by atoms with E-state index in [0.717, 1.165) is 13.1 Å². The molecular formula is C14H15ClN4O3. The van der Waals surface area contributed by atoms with Crippen LogP contribution in [0.5, 0.6) is 0 Å². The maximum atomic E-state index is 12.5. The van der Waals surface area contributed by atoms with Crippen molar-refractivity contribution in [2.24, 2.45) is 0 Å². The lowest BCUT2D eigenvalue weighted by Crippen LogP contribution is -2.47. The van der Waals surface area contributed by atoms with Gasteiger partial charge in [0, 0.05) is 43.7 Å². The van der Waals surface area contributed by atoms with E-state index < -0.39 is 4.92 Å². The summed E-state index contributed by atoms with van der Waals surface area (Å²) in [6, 6.07) is 4.32. The van der Waals surface area contributed by atoms with Crippen LogP contribution in [0.1, 0.15) is 10.5 Å². The second-order valence-corrected chi connectivity index (χ2v) is 5.83. The molecule has 0 bridgehead atoms. The molecule has 0 radical (unpaired) electrons. The number of nitrogens with zero attached hydrogens (tertiary/aromatic N) is 3. The molecule has 0 atom stereocenters. The molecule has 0 unspecified atom stereocenters. The van der Waals surface area contributed by atoms with Crippen LogP contribution in [0.2, 0.25) is 5.02 Å². The number of likely N-dealkylation sites (N-methyl/N-ethyl adjacent to an activating group) is 1. The van der Waals surface area contributed by atoms with Crippen molar-refractivity contribution in [3.8, 4) is 0 Å². The number of hydrogen-bond donors (Lipinski definition) is 1. The number of non-ortho nitro benzene ring substituents is 1. The van der Waals surface area contributed by atoms with Gasteiger partial charge in [-0.2, -0.15) is 0 Å². The first-order chi connectivity index (χ1) is 10.5. The van der Waals surface area contributed by atoms with Crippen molar-refractivity contribution in [2.75, 3.05) is 33.2 Å². The van der Waals surface area contributed by atoms with Gasteiger partial charge >= 0.3 is 0 Å². The minimum Gasteiger partial charge on any atom is -0.349 e. The van der Waals surface area contributed by atoms with Gasteiger partial charge in [-0.25, -0.2) is 0 Å². The van der Waals surface area contributed by atoms with E-state index in [-0.39, 0.29) is 16.6 Å². The largest absolute Gasteiger partial charge is 0.349 e. The first kappa shape index (κ1) is 14.8. The number of halogens is 1. The Hall–Kier alpha value is -2.12. The standard InChI is InChI=1S/C14H15ClN4O3/c1-17-2-4-18(5-3-17)14(20)12-7-9-6-10(19(21)22)8-11(15)13(9)16-12/h6-8,16H,2-5H2,1H3. The summed E-state index contributed by atoms with van der Waals surface area (Å²) in [6.07, 6.45) is 0. The summed E-state index contributed by atoms with van der Waals surface area (Å²) < 4.78 is 0. The van der Waals surface area contributed by atoms with Crippen LogP contribution < -0.4 is 0 Å². The number of carbonyl (C=O) groups excluding carboxylic acids is 1. The number of benzene rings is 1. The van der Waals surface area contributed by atoms with Crippen LogP contribution in [0.4, 0.5) is 5.69 Å². The normalized spacial score (nSPS) is 16.2. The third-order valence-electron chi connectivity index (χ3n) is 3.90. The van der Waals surface area contributed by atoms with Gasteiger partial charge in [-0.3, -0.25) is 14.9 Å². The maximum absolute atomic E-state index is 12.5. The monoisotopic (exact) mass is 322 g/mol. The van der Waals surface area contributed by atoms with Gasteiger partial charge in [-0.1, -0.05) is 11.6 Å². The number of nitro groups is 1. The third-order valence-corrected chi connectivity index (χ3v) is 4.19. The topological polar surface area (TPSA) is 82.5 Å². The molecule has 3 rings (SSSR count). The number of aromatic amines is 1. The number of rotatable bonds is 2. The van der Waals surface area contributed by atoms with E-state index >= 15 is 0 Å². The number of carbonyl (C=O) groups is 1. The zero-order valence-electron chi connectivity index (χ0n) is 12.0. The van der Waals surface area contributed by atoms with Crippen molar-refractivity contribution >= 4 is 34.1 Å². The van der Waals surface area contributed by atoms with Crippen LogP contribution in [0.25, 0.3) is 10.9 Å². The Kier molecular flexibility index (Phi) is 3.76. The highest BCUT2D eigenvalue weighted by molar-refractivity contribution is 6.35. The number of amides is 1. The number of H-pyrrole nitrogens is 1. The van der Waals surface area contributed by atoms with Gasteiger partial charge in [0.1, 0.15) is 5.69 Å². The van der Waals surface area contributed by atoms with Crippen LogP contribution in [-0.4, -0.2) is 58.8 Å². The van der Waals surface area contributed by atoms with Crippen molar-refractivity contribution in [3.63, 3.8) is 0 Å². The molecule has 1 amide bonds. The van der Waals surface area contributed by atoms with Crippen LogP contribution in [0.3, 0.4) is 0 Å². The van der Waals surface area contributed by atoms with E-state index in [1.54, 1.807) is 11.0 Å². The van der Waals surface area contributed by atoms with Crippen molar-refractivity contribution in [3.05, 3.63) is 39.0 Å². The molecule has 7 nitrogen and oxygen atoms in total. The molecule has 0 spiro atoms. The summed E-state index contributed by atoms with van der Waals surface area (Å²) in [5.74, 6) is -0.108. The predicted molar refractivity (Wildman–Crippen MR) is 83.4 cm³/mol. The average Bonchev–Trinajstić information content (AvgIpc) is 2.92. The Morgan fingerprint density at radius 1 is 1.27 bits per heavy atom. The Labute approximate surface area is 131 Å². The number of piperazine rings is 1. The SMILES string of the molecule is CN1CCN(C(=O)c2cc3cc([N+](=O)[O-])cc(Cl)c3[nH]2)CC1. The van der Waals surface area contributed by atoms with Crippen molar-refractivity contribution < 1.29 is 9.72 Å². The summed E-state index contributed by atoms with van der Waals surface area (Å²) in [5.41, 5.74) is 0.863. The minimum atomic E-state index is -0.500. The third kappa shape index (κ3) is 2.65. The van der Waals surface area contributed by atoms with E-state index in [4.69, 9.17) is 11.6 Å². The molecule has 0 aliphatic carbocycles. The smallest absolute Gasteiger partial charge is 0.271 e. The summed E-state index contributed by atoms with van der Waals surface area (Å²) in [7, 11) is 2.02. The highest BCUT2D eigenvalue weighted by atomic mass is 35.5. The van der Waals surface area contributed by atoms with Gasteiger partial charge in [-0.05, 0) is 13.1 Å². The molecule has 1 aromatic heterocycles. The lowest BCUT2D eigenvalue weighted by atomic mass is 10.2. The highest BCUT2D eigenvalue weighted by Crippen LogP contribution is 2.29. The Morgan fingerprint density at radius 3 is 2.59 bits per heavy atom. The molecule has 2 aromatic rings. The summed E-state index contributed by atoms with van der Waals surface area (Å²) in [6.45, 7) is 2.99. The van der Waals surface area contributed by atoms with Crippen molar-refractivity contribution in [2.45, 2.75) is 0 Å². The molecule has 22 heavy (non-hydrogen) atoms. The zero-order chi connectivity index (χ0) is 15.9. The molecule has 8 heteroatoms. The van der Waals surface area contributed by atoms with E-state index in [2.05, 4.69) is 9.88 Å². The fourth-order valence-corrected chi connectivity index (χ4v) is 2.85. The van der Waals surface area contributed by atoms with Crippen LogP contribution >= 0.6 is 11.6 Å². The molecule has 1 fully saturated rings. The first-order valence-electron chi connectivity index (χ1n) is 6.90. The Bertz CT molecular complexity index is 750. The van der Waals surface area contributed by atoms with Gasteiger partial charge in [0.05, 0.1) is 15.5 Å². The van der Waals surface area contributed by atoms with E-state index in [0.29, 0.717) is 29.7 Å². The predicted octanol–water partition coefficient (Wildman–Crippen LogP) is 2.12. The van der Waals surface area contributed by atoms with Gasteiger partial charge in [0.25, 0.3) is 11.6 Å². The molecule has 1 N–H and O–H groups in total. The van der Waals surface area contributed by atoms with Gasteiger partial charge in [-0.15, -0.1) is 0 Å². The molecule has 0 saturated carbocycles. The lowest BCUT2D eigenvalue weighted by molar-refractivity contribution is -0.384. The molecule has 116 valence electrons. The Balaban J connectivity index is 1.93. The van der Waals surface area contributed by atoms with Gasteiger partial charge < -0.3 is 14.8 Å². The van der Waals surface area contributed by atoms with Gasteiger partial charge in [0.15, 0.2) is 0 Å². The average molecular weight is 323 g/mol. The number of nitro benzene ring substituents is 1. The quantitative estimate of drug-likeness (QED) is 0.678. The Morgan fingerprint density at radius 2 is 1.95 bits per heavy atom. The fourth-order valence-electron chi connectivity index (χ4n) is 2.59. The molecule has 1 aliphatic rings. The van der Waals surface area contributed by atoms with Gasteiger partial charge in [0.2, 0.25) is 0 Å². The fraction of sp³-hybridized carbons (Fsp3) is 0.357. The minimum absolute atomic E-state index is 0.0879. The van der Waals surface area contributed by atoms with Crippen molar-refractivity contribution in [1.29, 1.82) is 0 Å². The van der Waals surface area contributed by atoms with Crippen LogP contribution in [0, 0.1) is 10.1 Å². The summed E-state index contributed by atoms with van der Waals surface area (Å²) in [4.78, 5) is 29.8. The molecule has 1 saturated heterocycles. The first-order valence-corrected chi connectivity index (χ1v) is 7.28. The maximum Gasteiger partial charge on any atom is 0.271 e. The highest BCUT2D eigenvalue weighted by Gasteiger charge is 2.22. The van der Waals surface area contributed by atoms with Crippen LogP contribution in [-0.2, 0) is 0 Å². The molecular weight excluding hydrogens is 308 g/mol. The molecule has 1 aliphatic heterocycles. The number of hydrogen-bond acceptors (Lipinski definition) is 4. The van der Waals surface area contributed by atoms with E-state index in [1.807, 2.05) is 7.05 Å². The summed E-state index contributed by atoms with van der Waals surface area (Å²) >= 11 is 6.06. The molecule has 1 aromatic carbocycles. The van der Waals surface area contributed by atoms with E-state index in [1.165, 1.54) is 12.1 Å². The number of fused-ring (bicyclic) bond motifs is 1. The summed E-state index contributed by atoms with van der Waals surface area (Å²) in [5, 5.41) is 11.7. The number of nitrogens with one attached hydrogen (secondary N) is 1. The zero-order valence-corrected chi connectivity index (χ0v) is 12.8.